The van der Waals surface area contributed by atoms with Crippen molar-refractivity contribution < 1.29 is 19.7 Å². The molecule has 0 aliphatic heterocycles. The first-order valence-corrected chi connectivity index (χ1v) is 27.6. The summed E-state index contributed by atoms with van der Waals surface area (Å²) in [7, 11) is 0. The van der Waals surface area contributed by atoms with Gasteiger partial charge in [0.15, 0.2) is 0 Å². The molecule has 0 radical (unpaired) electrons. The number of aliphatic hydroxyl groups excluding tert-OH is 2. The number of rotatable bonds is 52. The third kappa shape index (κ3) is 49.9. The summed E-state index contributed by atoms with van der Waals surface area (Å²) in [5.74, 6) is 0.719. The molecular weight excluding hydrogens is 725 g/mol. The van der Waals surface area contributed by atoms with Gasteiger partial charge in [-0.3, -0.25) is 4.79 Å². The van der Waals surface area contributed by atoms with Crippen LogP contribution in [0.5, 0.6) is 0 Å². The molecule has 0 aromatic rings. The normalized spacial score (nSPS) is 12.2. The lowest BCUT2D eigenvalue weighted by Crippen LogP contribution is -2.21. The minimum Gasteiger partial charge on any atom is -0.463 e. The molecule has 0 aliphatic carbocycles. The summed E-state index contributed by atoms with van der Waals surface area (Å²) in [6.45, 7) is 4.15. The lowest BCUT2D eigenvalue weighted by atomic mass is 9.89. The summed E-state index contributed by atoms with van der Waals surface area (Å²) in [4.78, 5) is 11.7. The standard InChI is InChI=1S/C55H110O4/c1-3-5-7-9-11-13-15-17-19-21-23-27-31-35-39-43-47-53(48-44-40-36-32-28-24-22-20-18-16-14-12-10-8-6-4-2)49-45-41-37-33-29-25-26-30-34-38-42-46-50-55(58)59-52-54(57)51-56/h53-54,56-57H,3-52H2,1-2H3. The van der Waals surface area contributed by atoms with Gasteiger partial charge < -0.3 is 14.9 Å². The molecule has 0 bridgehead atoms. The molecule has 4 nitrogen and oxygen atoms in total. The molecule has 354 valence electrons. The average molecular weight is 835 g/mol. The van der Waals surface area contributed by atoms with Gasteiger partial charge in [0, 0.05) is 6.42 Å². The van der Waals surface area contributed by atoms with E-state index in [1.165, 1.54) is 289 Å². The van der Waals surface area contributed by atoms with Crippen LogP contribution in [0.2, 0.25) is 0 Å². The average Bonchev–Trinajstić information content (AvgIpc) is 3.24. The van der Waals surface area contributed by atoms with Crippen LogP contribution in [0.4, 0.5) is 0 Å². The lowest BCUT2D eigenvalue weighted by Gasteiger charge is -2.17. The highest BCUT2D eigenvalue weighted by Gasteiger charge is 2.10. The fourth-order valence-electron chi connectivity index (χ4n) is 9.18. The Morgan fingerprint density at radius 1 is 0.356 bits per heavy atom. The molecule has 0 aromatic heterocycles. The van der Waals surface area contributed by atoms with Gasteiger partial charge in [-0.2, -0.15) is 0 Å². The van der Waals surface area contributed by atoms with Crippen LogP contribution < -0.4 is 0 Å². The number of aliphatic hydroxyl groups is 2. The fourth-order valence-corrected chi connectivity index (χ4v) is 9.18. The number of hydrogen-bond donors (Lipinski definition) is 2. The summed E-state index contributed by atoms with van der Waals surface area (Å²) >= 11 is 0. The highest BCUT2D eigenvalue weighted by Crippen LogP contribution is 2.25. The van der Waals surface area contributed by atoms with Crippen LogP contribution >= 0.6 is 0 Å². The smallest absolute Gasteiger partial charge is 0.305 e. The molecule has 0 spiro atoms. The number of carbonyl (C=O) groups excluding carboxylic acids is 1. The van der Waals surface area contributed by atoms with E-state index < -0.39 is 6.10 Å². The maximum absolute atomic E-state index is 11.7. The van der Waals surface area contributed by atoms with E-state index in [1.54, 1.807) is 0 Å². The molecule has 0 heterocycles. The van der Waals surface area contributed by atoms with Crippen molar-refractivity contribution >= 4 is 5.97 Å². The third-order valence-corrected chi connectivity index (χ3v) is 13.3. The highest BCUT2D eigenvalue weighted by atomic mass is 16.5. The highest BCUT2D eigenvalue weighted by molar-refractivity contribution is 5.69. The summed E-state index contributed by atoms with van der Waals surface area (Å²) in [5, 5.41) is 18.1. The second kappa shape index (κ2) is 51.7. The zero-order chi connectivity index (χ0) is 42.8. The SMILES string of the molecule is CCCCCCCCCCCCCCCCCCC(CCCCCCCCCCCCCCCCCC)CCCCCCCCCCCCCCC(=O)OCC(O)CO. The number of carbonyl (C=O) groups is 1. The van der Waals surface area contributed by atoms with Crippen LogP contribution in [0, 0.1) is 5.92 Å². The summed E-state index contributed by atoms with van der Waals surface area (Å²) in [6, 6.07) is 0. The van der Waals surface area contributed by atoms with E-state index in [4.69, 9.17) is 9.84 Å². The van der Waals surface area contributed by atoms with Gasteiger partial charge in [-0.15, -0.1) is 0 Å². The van der Waals surface area contributed by atoms with Crippen molar-refractivity contribution in [3.05, 3.63) is 0 Å². The maximum atomic E-state index is 11.7. The molecule has 1 unspecified atom stereocenters. The molecule has 0 aromatic carbocycles. The predicted octanol–water partition coefficient (Wildman–Crippen LogP) is 18.3. The van der Waals surface area contributed by atoms with Gasteiger partial charge in [-0.05, 0) is 12.3 Å². The molecule has 2 N–H and O–H groups in total. The van der Waals surface area contributed by atoms with Crippen molar-refractivity contribution in [2.45, 2.75) is 328 Å². The van der Waals surface area contributed by atoms with Crippen molar-refractivity contribution in [2.24, 2.45) is 5.92 Å². The minimum absolute atomic E-state index is 0.102. The van der Waals surface area contributed by atoms with E-state index in [0.29, 0.717) is 6.42 Å². The predicted molar refractivity (Wildman–Crippen MR) is 261 cm³/mol. The molecule has 0 aliphatic rings. The van der Waals surface area contributed by atoms with Gasteiger partial charge in [0.2, 0.25) is 0 Å². The number of ether oxygens (including phenoxy) is 1. The molecule has 0 fully saturated rings. The zero-order valence-electron chi connectivity index (χ0n) is 40.7. The zero-order valence-corrected chi connectivity index (χ0v) is 40.7. The van der Waals surface area contributed by atoms with E-state index in [-0.39, 0.29) is 19.2 Å². The maximum Gasteiger partial charge on any atom is 0.305 e. The van der Waals surface area contributed by atoms with Crippen molar-refractivity contribution in [1.29, 1.82) is 0 Å². The number of hydrogen-bond acceptors (Lipinski definition) is 4. The van der Waals surface area contributed by atoms with Crippen molar-refractivity contribution in [1.82, 2.24) is 0 Å². The Kier molecular flexibility index (Phi) is 51.2. The van der Waals surface area contributed by atoms with E-state index in [0.717, 1.165) is 18.8 Å². The van der Waals surface area contributed by atoms with Crippen molar-refractivity contribution in [3.8, 4) is 0 Å². The quantitative estimate of drug-likeness (QED) is 0.0473. The molecular formula is C55H110O4. The van der Waals surface area contributed by atoms with Crippen LogP contribution in [0.1, 0.15) is 322 Å². The van der Waals surface area contributed by atoms with Crippen molar-refractivity contribution in [3.63, 3.8) is 0 Å². The Labute approximate surface area is 371 Å². The molecule has 59 heavy (non-hydrogen) atoms. The van der Waals surface area contributed by atoms with Crippen LogP contribution in [0.3, 0.4) is 0 Å². The summed E-state index contributed by atoms with van der Waals surface area (Å²) in [6.07, 6.45) is 66.3. The largest absolute Gasteiger partial charge is 0.463 e. The van der Waals surface area contributed by atoms with Crippen molar-refractivity contribution in [2.75, 3.05) is 13.2 Å². The third-order valence-electron chi connectivity index (χ3n) is 13.3. The van der Waals surface area contributed by atoms with Gasteiger partial charge in [0.1, 0.15) is 12.7 Å². The monoisotopic (exact) mass is 835 g/mol. The van der Waals surface area contributed by atoms with E-state index in [2.05, 4.69) is 13.8 Å². The Morgan fingerprint density at radius 3 is 0.814 bits per heavy atom. The Morgan fingerprint density at radius 2 is 0.576 bits per heavy atom. The van der Waals surface area contributed by atoms with Gasteiger partial charge in [-0.25, -0.2) is 0 Å². The van der Waals surface area contributed by atoms with Crippen LogP contribution in [-0.4, -0.2) is 35.5 Å². The molecule has 0 amide bonds. The minimum atomic E-state index is -0.960. The second-order valence-corrected chi connectivity index (χ2v) is 19.4. The van der Waals surface area contributed by atoms with Gasteiger partial charge in [0.25, 0.3) is 0 Å². The number of esters is 1. The van der Waals surface area contributed by atoms with E-state index in [1.807, 2.05) is 0 Å². The molecule has 0 rings (SSSR count). The van der Waals surface area contributed by atoms with Gasteiger partial charge in [-0.1, -0.05) is 309 Å². The van der Waals surface area contributed by atoms with Crippen LogP contribution in [0.25, 0.3) is 0 Å². The Balaban J connectivity index is 4.00. The Bertz CT molecular complexity index is 734. The first-order valence-electron chi connectivity index (χ1n) is 27.6. The first-order chi connectivity index (χ1) is 29.1. The summed E-state index contributed by atoms with van der Waals surface area (Å²) < 4.78 is 4.97. The second-order valence-electron chi connectivity index (χ2n) is 19.4. The van der Waals surface area contributed by atoms with Crippen LogP contribution in [-0.2, 0) is 9.53 Å². The van der Waals surface area contributed by atoms with Crippen LogP contribution in [0.15, 0.2) is 0 Å². The molecule has 4 heteroatoms. The summed E-state index contributed by atoms with van der Waals surface area (Å²) in [5.41, 5.74) is 0. The lowest BCUT2D eigenvalue weighted by molar-refractivity contribution is -0.147. The van der Waals surface area contributed by atoms with E-state index >= 15 is 0 Å². The molecule has 0 saturated carbocycles. The number of unbranched alkanes of at least 4 members (excludes halogenated alkanes) is 41. The molecule has 0 saturated heterocycles. The molecule has 1 atom stereocenters. The van der Waals surface area contributed by atoms with E-state index in [9.17, 15) is 9.90 Å². The first kappa shape index (κ1) is 58.4. The fraction of sp³-hybridized carbons (Fsp3) is 0.982. The topological polar surface area (TPSA) is 66.8 Å². The Hall–Kier alpha value is -0.610. The van der Waals surface area contributed by atoms with Gasteiger partial charge >= 0.3 is 5.97 Å². The van der Waals surface area contributed by atoms with Gasteiger partial charge in [0.05, 0.1) is 6.61 Å².